The van der Waals surface area contributed by atoms with E-state index in [9.17, 15) is 18.0 Å². The molecule has 0 spiro atoms. The van der Waals surface area contributed by atoms with Gasteiger partial charge in [-0.25, -0.2) is 0 Å². The Hall–Kier alpha value is -3.56. The smallest absolute Gasteiger partial charge is 0.324 e. The van der Waals surface area contributed by atoms with Crippen molar-refractivity contribution in [2.45, 2.75) is 50.9 Å². The van der Waals surface area contributed by atoms with Gasteiger partial charge >= 0.3 is 6.18 Å². The largest absolute Gasteiger partial charge is 0.417 e. The number of carbonyl (C=O) groups excluding carboxylic acids is 1. The molecule has 1 aromatic heterocycles. The number of carbonyl (C=O) groups is 1. The van der Waals surface area contributed by atoms with Crippen LogP contribution in [0.25, 0.3) is 11.4 Å². The summed E-state index contributed by atoms with van der Waals surface area (Å²) >= 11 is 0. The van der Waals surface area contributed by atoms with Crippen LogP contribution >= 0.6 is 0 Å². The van der Waals surface area contributed by atoms with Crippen LogP contribution in [0.15, 0.2) is 64.4 Å². The maximum atomic E-state index is 13.1. The van der Waals surface area contributed by atoms with Gasteiger partial charge in [0.05, 0.1) is 5.57 Å². The van der Waals surface area contributed by atoms with Crippen LogP contribution in [0.2, 0.25) is 0 Å². The first-order valence-electron chi connectivity index (χ1n) is 11.5. The van der Waals surface area contributed by atoms with Gasteiger partial charge in [-0.05, 0) is 44.5 Å². The number of halogens is 3. The van der Waals surface area contributed by atoms with Crippen molar-refractivity contribution < 1.29 is 18.0 Å². The minimum Gasteiger partial charge on any atom is -0.324 e. The second-order valence-electron chi connectivity index (χ2n) is 8.72. The molecular formula is C25H27F3N6O. The Morgan fingerprint density at radius 1 is 1.37 bits per heavy atom. The molecule has 1 aromatic carbocycles. The van der Waals surface area contributed by atoms with Gasteiger partial charge in [0.15, 0.2) is 5.82 Å². The van der Waals surface area contributed by atoms with Crippen LogP contribution in [-0.4, -0.2) is 51.9 Å². The summed E-state index contributed by atoms with van der Waals surface area (Å²) in [4.78, 5) is 21.1. The van der Waals surface area contributed by atoms with Crippen molar-refractivity contribution >= 4 is 24.0 Å². The molecule has 1 saturated carbocycles. The first-order chi connectivity index (χ1) is 16.8. The number of hydrogen-bond donors (Lipinski definition) is 1. The molecule has 0 saturated heterocycles. The summed E-state index contributed by atoms with van der Waals surface area (Å²) in [6.45, 7) is 5.78. The number of amides is 1. The van der Waals surface area contributed by atoms with Crippen LogP contribution in [0.1, 0.15) is 38.6 Å². The van der Waals surface area contributed by atoms with Gasteiger partial charge in [-0.1, -0.05) is 30.4 Å². The highest BCUT2D eigenvalue weighted by atomic mass is 19.4. The highest BCUT2D eigenvalue weighted by Crippen LogP contribution is 2.35. The first kappa shape index (κ1) is 24.6. The number of nitrogens with zero attached hydrogens (tertiary/aromatic N) is 5. The summed E-state index contributed by atoms with van der Waals surface area (Å²) in [5, 5.41) is 11.2. The standard InChI is InChI=1S/C25H27F3N6O/c1-3-30-22(10-16(2)18-11-19(14-29-13-18)25(26,27)28)24(35)32-20-7-4-6-17(12-20)23-33-31-15-34(23)21-8-5-9-21/h3-4,6-7,11-12,14-15,18,21-22H,2,5,8-10,13H2,1H3,(H,32,35). The van der Waals surface area contributed by atoms with Crippen molar-refractivity contribution in [1.82, 2.24) is 14.8 Å². The van der Waals surface area contributed by atoms with Crippen molar-refractivity contribution in [3.05, 3.63) is 54.4 Å². The summed E-state index contributed by atoms with van der Waals surface area (Å²) in [5.74, 6) is -0.242. The van der Waals surface area contributed by atoms with E-state index in [4.69, 9.17) is 0 Å². The Morgan fingerprint density at radius 2 is 2.17 bits per heavy atom. The number of hydrogen-bond acceptors (Lipinski definition) is 5. The van der Waals surface area contributed by atoms with Gasteiger partial charge in [-0.2, -0.15) is 13.2 Å². The zero-order chi connectivity index (χ0) is 25.0. The van der Waals surface area contributed by atoms with Gasteiger partial charge in [0, 0.05) is 42.4 Å². The van der Waals surface area contributed by atoms with Crippen LogP contribution in [0, 0.1) is 5.92 Å². The lowest BCUT2D eigenvalue weighted by Gasteiger charge is -2.27. The van der Waals surface area contributed by atoms with E-state index in [1.54, 1.807) is 19.3 Å². The van der Waals surface area contributed by atoms with Gasteiger partial charge < -0.3 is 9.88 Å². The minimum atomic E-state index is -4.48. The van der Waals surface area contributed by atoms with E-state index in [1.807, 2.05) is 18.2 Å². The van der Waals surface area contributed by atoms with E-state index in [0.717, 1.165) is 36.5 Å². The van der Waals surface area contributed by atoms with Gasteiger partial charge in [-0.3, -0.25) is 14.8 Å². The fourth-order valence-electron chi connectivity index (χ4n) is 4.13. The third kappa shape index (κ3) is 5.75. The van der Waals surface area contributed by atoms with Gasteiger partial charge in [0.1, 0.15) is 12.4 Å². The number of aromatic nitrogens is 3. The molecular weight excluding hydrogens is 457 g/mol. The number of dihydropyridines is 1. The molecule has 1 amide bonds. The van der Waals surface area contributed by atoms with Crippen molar-refractivity contribution in [2.24, 2.45) is 15.9 Å². The number of nitrogens with one attached hydrogen (secondary N) is 1. The molecule has 184 valence electrons. The Kier molecular flexibility index (Phi) is 7.28. The molecule has 0 radical (unpaired) electrons. The second-order valence-corrected chi connectivity index (χ2v) is 8.72. The SMILES string of the molecule is C=C(CC(N=CC)C(=O)Nc1cccc(-c2nncn2C2CCC2)c1)C1C=C(C(F)(F)F)C=NC1. The Morgan fingerprint density at radius 3 is 2.86 bits per heavy atom. The lowest BCUT2D eigenvalue weighted by molar-refractivity contribution is -0.117. The third-order valence-corrected chi connectivity index (χ3v) is 6.28. The molecule has 1 N–H and O–H groups in total. The summed E-state index contributed by atoms with van der Waals surface area (Å²) in [5.41, 5.74) is 1.06. The average Bonchev–Trinajstić information content (AvgIpc) is 3.26. The van der Waals surface area contributed by atoms with E-state index in [2.05, 4.69) is 36.6 Å². The molecule has 35 heavy (non-hydrogen) atoms. The molecule has 2 unspecified atom stereocenters. The molecule has 1 aliphatic heterocycles. The number of rotatable bonds is 8. The van der Waals surface area contributed by atoms with Crippen molar-refractivity contribution in [2.75, 3.05) is 11.9 Å². The lowest BCUT2D eigenvalue weighted by atomic mass is 9.91. The Labute approximate surface area is 201 Å². The summed E-state index contributed by atoms with van der Waals surface area (Å²) in [6.07, 6.45) is 4.17. The Bertz CT molecular complexity index is 1180. The molecule has 10 heteroatoms. The monoisotopic (exact) mass is 484 g/mol. The van der Waals surface area contributed by atoms with Crippen LogP contribution < -0.4 is 5.32 Å². The molecule has 2 aromatic rings. The minimum absolute atomic E-state index is 0.105. The van der Waals surface area contributed by atoms with Crippen LogP contribution in [-0.2, 0) is 4.79 Å². The number of benzene rings is 1. The summed E-state index contributed by atoms with van der Waals surface area (Å²) in [6, 6.07) is 6.89. The second kappa shape index (κ2) is 10.4. The van der Waals surface area contributed by atoms with E-state index < -0.39 is 23.7 Å². The molecule has 1 aliphatic carbocycles. The Balaban J connectivity index is 1.46. The average molecular weight is 485 g/mol. The maximum Gasteiger partial charge on any atom is 0.417 e. The number of aliphatic imine (C=N–C) groups is 2. The molecule has 7 nitrogen and oxygen atoms in total. The zero-order valence-electron chi connectivity index (χ0n) is 19.4. The normalized spacial score (nSPS) is 19.3. The predicted molar refractivity (Wildman–Crippen MR) is 130 cm³/mol. The number of anilines is 1. The van der Waals surface area contributed by atoms with E-state index >= 15 is 0 Å². The van der Waals surface area contributed by atoms with Gasteiger partial charge in [-0.15, -0.1) is 10.2 Å². The molecule has 2 heterocycles. The third-order valence-electron chi connectivity index (χ3n) is 6.28. The van der Waals surface area contributed by atoms with Gasteiger partial charge in [0.2, 0.25) is 5.91 Å². The summed E-state index contributed by atoms with van der Waals surface area (Å²) < 4.78 is 41.3. The first-order valence-corrected chi connectivity index (χ1v) is 11.5. The molecule has 2 aliphatic rings. The maximum absolute atomic E-state index is 13.1. The molecule has 0 bridgehead atoms. The van der Waals surface area contributed by atoms with Crippen LogP contribution in [0.3, 0.4) is 0 Å². The van der Waals surface area contributed by atoms with Crippen molar-refractivity contribution in [3.63, 3.8) is 0 Å². The zero-order valence-corrected chi connectivity index (χ0v) is 19.4. The highest BCUT2D eigenvalue weighted by Gasteiger charge is 2.35. The fraction of sp³-hybridized carbons (Fsp3) is 0.400. The topological polar surface area (TPSA) is 84.5 Å². The lowest BCUT2D eigenvalue weighted by Crippen LogP contribution is -2.28. The molecule has 4 rings (SSSR count). The quantitative estimate of drug-likeness (QED) is 0.413. The molecule has 2 atom stereocenters. The summed E-state index contributed by atoms with van der Waals surface area (Å²) in [7, 11) is 0. The van der Waals surface area contributed by atoms with E-state index in [0.29, 0.717) is 17.3 Å². The fourth-order valence-corrected chi connectivity index (χ4v) is 4.13. The molecule has 1 fully saturated rings. The predicted octanol–water partition coefficient (Wildman–Crippen LogP) is 5.20. The van der Waals surface area contributed by atoms with Gasteiger partial charge in [0.25, 0.3) is 0 Å². The highest BCUT2D eigenvalue weighted by molar-refractivity contribution is 5.96. The van der Waals surface area contributed by atoms with E-state index in [-0.39, 0.29) is 18.9 Å². The van der Waals surface area contributed by atoms with Crippen LogP contribution in [0.4, 0.5) is 18.9 Å². The van der Waals surface area contributed by atoms with E-state index in [1.165, 1.54) is 12.6 Å². The number of allylic oxidation sites excluding steroid dienone is 1. The van der Waals surface area contributed by atoms with Crippen molar-refractivity contribution in [1.29, 1.82) is 0 Å². The number of alkyl halides is 3. The van der Waals surface area contributed by atoms with Crippen LogP contribution in [0.5, 0.6) is 0 Å². The van der Waals surface area contributed by atoms with Crippen molar-refractivity contribution in [3.8, 4) is 11.4 Å².